The molecule has 2 aliphatic heterocycles. The fourth-order valence-corrected chi connectivity index (χ4v) is 3.30. The standard InChI is InChI=1S/C16H25N3O.C2H6/c1-2-4-14-5-6-15(11-18-14)19-9-3-7-16(13-19)12-17-8-10-20-16;1-2/h5-6,11,17H,2-4,7-10,12-13H2,1H3;1-2H3. The minimum atomic E-state index is 0.0125. The average Bonchev–Trinajstić information content (AvgIpc) is 2.58. The summed E-state index contributed by atoms with van der Waals surface area (Å²) in [6.45, 7) is 11.1. The van der Waals surface area contributed by atoms with Crippen molar-refractivity contribution in [2.24, 2.45) is 0 Å². The van der Waals surface area contributed by atoms with Crippen LogP contribution < -0.4 is 10.2 Å². The molecule has 4 nitrogen and oxygen atoms in total. The SMILES string of the molecule is CC.CCCc1ccc(N2CCCC3(CNCCO3)C2)cn1. The van der Waals surface area contributed by atoms with Gasteiger partial charge in [0.15, 0.2) is 0 Å². The molecule has 3 heterocycles. The van der Waals surface area contributed by atoms with E-state index in [4.69, 9.17) is 4.74 Å². The van der Waals surface area contributed by atoms with Crippen molar-refractivity contribution in [1.82, 2.24) is 10.3 Å². The highest BCUT2D eigenvalue weighted by atomic mass is 16.5. The van der Waals surface area contributed by atoms with Crippen molar-refractivity contribution in [3.63, 3.8) is 0 Å². The number of hydrogen-bond donors (Lipinski definition) is 1. The van der Waals surface area contributed by atoms with Crippen molar-refractivity contribution in [2.45, 2.75) is 52.1 Å². The van der Waals surface area contributed by atoms with Crippen LogP contribution in [-0.4, -0.2) is 43.4 Å². The first-order valence-electron chi connectivity index (χ1n) is 8.86. The molecule has 124 valence electrons. The molecule has 0 saturated carbocycles. The zero-order chi connectivity index (χ0) is 15.8. The van der Waals surface area contributed by atoms with Gasteiger partial charge >= 0.3 is 0 Å². The van der Waals surface area contributed by atoms with Gasteiger partial charge in [0.05, 0.1) is 24.1 Å². The minimum Gasteiger partial charge on any atom is -0.371 e. The highest BCUT2D eigenvalue weighted by Crippen LogP contribution is 2.29. The maximum absolute atomic E-state index is 6.10. The third-order valence-electron chi connectivity index (χ3n) is 4.35. The molecule has 1 aromatic rings. The van der Waals surface area contributed by atoms with Crippen LogP contribution in [0.1, 0.15) is 45.7 Å². The maximum Gasteiger partial charge on any atom is 0.0981 e. The Bertz CT molecular complexity index is 421. The van der Waals surface area contributed by atoms with E-state index in [2.05, 4.69) is 34.3 Å². The molecule has 0 aromatic carbocycles. The zero-order valence-corrected chi connectivity index (χ0v) is 14.4. The van der Waals surface area contributed by atoms with E-state index < -0.39 is 0 Å². The van der Waals surface area contributed by atoms with Crippen molar-refractivity contribution < 1.29 is 4.74 Å². The number of nitrogens with one attached hydrogen (secondary N) is 1. The molecule has 1 unspecified atom stereocenters. The Kier molecular flexibility index (Phi) is 6.65. The predicted octanol–water partition coefficient (Wildman–Crippen LogP) is 3.02. The Morgan fingerprint density at radius 2 is 2.23 bits per heavy atom. The summed E-state index contributed by atoms with van der Waals surface area (Å²) in [4.78, 5) is 7.01. The molecule has 4 heteroatoms. The van der Waals surface area contributed by atoms with E-state index in [-0.39, 0.29) is 5.60 Å². The second-order valence-corrected chi connectivity index (χ2v) is 5.99. The summed E-state index contributed by atoms with van der Waals surface area (Å²) >= 11 is 0. The van der Waals surface area contributed by atoms with Gasteiger partial charge in [-0.15, -0.1) is 0 Å². The molecule has 1 atom stereocenters. The van der Waals surface area contributed by atoms with E-state index in [0.29, 0.717) is 0 Å². The van der Waals surface area contributed by atoms with Gasteiger partial charge in [-0.05, 0) is 31.4 Å². The van der Waals surface area contributed by atoms with Gasteiger partial charge in [0.25, 0.3) is 0 Å². The van der Waals surface area contributed by atoms with E-state index in [0.717, 1.165) is 52.0 Å². The zero-order valence-electron chi connectivity index (χ0n) is 14.4. The lowest BCUT2D eigenvalue weighted by molar-refractivity contribution is -0.0725. The van der Waals surface area contributed by atoms with Gasteiger partial charge in [-0.1, -0.05) is 27.2 Å². The van der Waals surface area contributed by atoms with Crippen LogP contribution in [0.5, 0.6) is 0 Å². The lowest BCUT2D eigenvalue weighted by atomic mass is 9.91. The molecule has 2 aliphatic rings. The van der Waals surface area contributed by atoms with E-state index in [1.165, 1.54) is 17.8 Å². The molecule has 1 spiro atoms. The molecule has 1 N–H and O–H groups in total. The van der Waals surface area contributed by atoms with Crippen LogP contribution >= 0.6 is 0 Å². The van der Waals surface area contributed by atoms with Crippen molar-refractivity contribution in [3.05, 3.63) is 24.0 Å². The monoisotopic (exact) mass is 305 g/mol. The van der Waals surface area contributed by atoms with Gasteiger partial charge in [-0.2, -0.15) is 0 Å². The second-order valence-electron chi connectivity index (χ2n) is 5.99. The summed E-state index contributed by atoms with van der Waals surface area (Å²) in [6, 6.07) is 4.38. The van der Waals surface area contributed by atoms with Gasteiger partial charge in [0.1, 0.15) is 0 Å². The second kappa shape index (κ2) is 8.49. The van der Waals surface area contributed by atoms with Crippen molar-refractivity contribution in [1.29, 1.82) is 0 Å². The van der Waals surface area contributed by atoms with Gasteiger partial charge in [0, 0.05) is 31.9 Å². The Morgan fingerprint density at radius 1 is 1.36 bits per heavy atom. The lowest BCUT2D eigenvalue weighted by Gasteiger charge is -2.45. The number of piperidine rings is 1. The fraction of sp³-hybridized carbons (Fsp3) is 0.722. The number of morpholine rings is 1. The summed E-state index contributed by atoms with van der Waals surface area (Å²) < 4.78 is 6.10. The third-order valence-corrected chi connectivity index (χ3v) is 4.35. The summed E-state index contributed by atoms with van der Waals surface area (Å²) in [6.07, 6.45) is 6.60. The van der Waals surface area contributed by atoms with Crippen LogP contribution in [0.25, 0.3) is 0 Å². The van der Waals surface area contributed by atoms with Gasteiger partial charge in [-0.25, -0.2) is 0 Å². The summed E-state index contributed by atoms with van der Waals surface area (Å²) in [5.41, 5.74) is 2.44. The highest BCUT2D eigenvalue weighted by molar-refractivity contribution is 5.45. The molecular formula is C18H31N3O. The van der Waals surface area contributed by atoms with Crippen molar-refractivity contribution >= 4 is 5.69 Å². The molecular weight excluding hydrogens is 274 g/mol. The van der Waals surface area contributed by atoms with E-state index >= 15 is 0 Å². The Morgan fingerprint density at radius 3 is 2.86 bits per heavy atom. The van der Waals surface area contributed by atoms with Crippen LogP contribution in [0.3, 0.4) is 0 Å². The van der Waals surface area contributed by atoms with E-state index in [1.807, 2.05) is 20.0 Å². The number of nitrogens with zero attached hydrogens (tertiary/aromatic N) is 2. The number of aryl methyl sites for hydroxylation is 1. The number of hydrogen-bond acceptors (Lipinski definition) is 4. The molecule has 22 heavy (non-hydrogen) atoms. The van der Waals surface area contributed by atoms with Gasteiger partial charge in [0.2, 0.25) is 0 Å². The third kappa shape index (κ3) is 4.20. The lowest BCUT2D eigenvalue weighted by Crippen LogP contribution is -2.58. The van der Waals surface area contributed by atoms with Crippen molar-refractivity contribution in [3.8, 4) is 0 Å². The summed E-state index contributed by atoms with van der Waals surface area (Å²) in [7, 11) is 0. The van der Waals surface area contributed by atoms with Crippen LogP contribution in [0.4, 0.5) is 5.69 Å². The minimum absolute atomic E-state index is 0.0125. The average molecular weight is 305 g/mol. The quantitative estimate of drug-likeness (QED) is 0.931. The first-order chi connectivity index (χ1) is 10.8. The number of pyridine rings is 1. The van der Waals surface area contributed by atoms with Crippen LogP contribution in [0.15, 0.2) is 18.3 Å². The largest absolute Gasteiger partial charge is 0.371 e. The number of anilines is 1. The molecule has 0 radical (unpaired) electrons. The molecule has 0 amide bonds. The molecule has 0 bridgehead atoms. The van der Waals surface area contributed by atoms with E-state index in [1.54, 1.807) is 0 Å². The van der Waals surface area contributed by atoms with Crippen molar-refractivity contribution in [2.75, 3.05) is 37.7 Å². The Labute approximate surface area is 135 Å². The molecule has 2 fully saturated rings. The summed E-state index contributed by atoms with van der Waals surface area (Å²) in [5, 5.41) is 3.48. The number of ether oxygens (including phenoxy) is 1. The normalized spacial score (nSPS) is 24.8. The van der Waals surface area contributed by atoms with E-state index in [9.17, 15) is 0 Å². The smallest absolute Gasteiger partial charge is 0.0981 e. The fourth-order valence-electron chi connectivity index (χ4n) is 3.30. The highest BCUT2D eigenvalue weighted by Gasteiger charge is 2.38. The van der Waals surface area contributed by atoms with Crippen LogP contribution in [-0.2, 0) is 11.2 Å². The Hall–Kier alpha value is -1.13. The predicted molar refractivity (Wildman–Crippen MR) is 92.6 cm³/mol. The topological polar surface area (TPSA) is 37.4 Å². The first-order valence-corrected chi connectivity index (χ1v) is 8.86. The first kappa shape index (κ1) is 17.2. The summed E-state index contributed by atoms with van der Waals surface area (Å²) in [5.74, 6) is 0. The number of rotatable bonds is 3. The molecule has 2 saturated heterocycles. The number of aromatic nitrogens is 1. The van der Waals surface area contributed by atoms with Crippen LogP contribution in [0, 0.1) is 0 Å². The van der Waals surface area contributed by atoms with Gasteiger partial charge in [-0.3, -0.25) is 4.98 Å². The Balaban J connectivity index is 0.000000847. The maximum atomic E-state index is 6.10. The molecule has 1 aromatic heterocycles. The van der Waals surface area contributed by atoms with Crippen LogP contribution in [0.2, 0.25) is 0 Å². The van der Waals surface area contributed by atoms with Gasteiger partial charge < -0.3 is 15.0 Å². The molecule has 3 rings (SSSR count). The molecule has 0 aliphatic carbocycles.